The number of nitrogens with zero attached hydrogens (tertiary/aromatic N) is 1. The second-order valence-corrected chi connectivity index (χ2v) is 16.8. The molecule has 0 saturated heterocycles. The standard InChI is InChI=1S/C39H81N2O6P/c1-6-8-10-12-14-16-18-20-21-23-25-27-29-31-33-39(43)40-37(36-47-48(44,45)46-35-34-41(3,4)5)38(42)32-30-28-26-24-22-19-17-15-13-11-9-7-2/h37-38,42H,6-36H2,1-5H3,(H-,40,43,44,45)/p+1/t37-,38+/m0/s1. The van der Waals surface area contributed by atoms with E-state index in [1.165, 1.54) is 128 Å². The molecule has 0 bridgehead atoms. The van der Waals surface area contributed by atoms with E-state index >= 15 is 0 Å². The molecule has 0 aliphatic carbocycles. The van der Waals surface area contributed by atoms with Gasteiger partial charge >= 0.3 is 7.82 Å². The van der Waals surface area contributed by atoms with Gasteiger partial charge in [0.1, 0.15) is 13.2 Å². The largest absolute Gasteiger partial charge is 0.472 e. The number of carbonyl (C=O) groups excluding carboxylic acids is 1. The monoisotopic (exact) mass is 706 g/mol. The van der Waals surface area contributed by atoms with Gasteiger partial charge < -0.3 is 19.8 Å². The first kappa shape index (κ1) is 47.5. The zero-order valence-corrected chi connectivity index (χ0v) is 33.4. The molecule has 0 aromatic heterocycles. The van der Waals surface area contributed by atoms with Gasteiger partial charge in [-0.15, -0.1) is 0 Å². The van der Waals surface area contributed by atoms with E-state index in [2.05, 4.69) is 19.2 Å². The highest BCUT2D eigenvalue weighted by molar-refractivity contribution is 7.47. The first-order valence-electron chi connectivity index (χ1n) is 20.4. The van der Waals surface area contributed by atoms with Gasteiger partial charge in [-0.3, -0.25) is 13.8 Å². The van der Waals surface area contributed by atoms with Crippen LogP contribution in [0.15, 0.2) is 0 Å². The Morgan fingerprint density at radius 2 is 1.00 bits per heavy atom. The van der Waals surface area contributed by atoms with Crippen LogP contribution in [0.2, 0.25) is 0 Å². The summed E-state index contributed by atoms with van der Waals surface area (Å²) in [4.78, 5) is 23.0. The summed E-state index contributed by atoms with van der Waals surface area (Å²) in [6.07, 6.45) is 32.6. The number of hydrogen-bond acceptors (Lipinski definition) is 5. The number of aliphatic hydroxyl groups is 1. The van der Waals surface area contributed by atoms with Crippen molar-refractivity contribution in [2.75, 3.05) is 40.9 Å². The fourth-order valence-electron chi connectivity index (χ4n) is 6.05. The van der Waals surface area contributed by atoms with Gasteiger partial charge in [-0.25, -0.2) is 4.57 Å². The number of phosphoric acid groups is 1. The average Bonchev–Trinajstić information content (AvgIpc) is 3.02. The smallest absolute Gasteiger partial charge is 0.391 e. The number of hydrogen-bond donors (Lipinski definition) is 3. The minimum atomic E-state index is -4.30. The minimum absolute atomic E-state index is 0.0782. The van der Waals surface area contributed by atoms with Crippen molar-refractivity contribution in [2.24, 2.45) is 0 Å². The van der Waals surface area contributed by atoms with E-state index in [1.54, 1.807) is 0 Å². The Morgan fingerprint density at radius 1 is 0.625 bits per heavy atom. The molecule has 288 valence electrons. The molecule has 0 rings (SSSR count). The van der Waals surface area contributed by atoms with Gasteiger partial charge in [-0.05, 0) is 12.8 Å². The van der Waals surface area contributed by atoms with E-state index in [9.17, 15) is 19.4 Å². The highest BCUT2D eigenvalue weighted by Crippen LogP contribution is 2.43. The lowest BCUT2D eigenvalue weighted by molar-refractivity contribution is -0.870. The summed E-state index contributed by atoms with van der Waals surface area (Å²) in [6, 6.07) is -0.751. The Hall–Kier alpha value is -0.500. The Kier molecular flexibility index (Phi) is 32.1. The quantitative estimate of drug-likeness (QED) is 0.0338. The number of phosphoric ester groups is 1. The molecule has 8 nitrogen and oxygen atoms in total. The molecule has 0 radical (unpaired) electrons. The third-order valence-electron chi connectivity index (χ3n) is 9.36. The Balaban J connectivity index is 4.40. The zero-order chi connectivity index (χ0) is 35.8. The van der Waals surface area contributed by atoms with E-state index in [4.69, 9.17) is 9.05 Å². The number of aliphatic hydroxyl groups excluding tert-OH is 1. The fourth-order valence-corrected chi connectivity index (χ4v) is 6.78. The number of likely N-dealkylation sites (N-methyl/N-ethyl adjacent to an activating group) is 1. The van der Waals surface area contributed by atoms with Crippen molar-refractivity contribution in [3.63, 3.8) is 0 Å². The minimum Gasteiger partial charge on any atom is -0.391 e. The highest BCUT2D eigenvalue weighted by Gasteiger charge is 2.28. The number of quaternary nitrogens is 1. The maximum Gasteiger partial charge on any atom is 0.472 e. The second-order valence-electron chi connectivity index (χ2n) is 15.4. The van der Waals surface area contributed by atoms with Crippen molar-refractivity contribution < 1.29 is 32.9 Å². The van der Waals surface area contributed by atoms with Crippen LogP contribution in [-0.4, -0.2) is 73.4 Å². The fraction of sp³-hybridized carbons (Fsp3) is 0.974. The van der Waals surface area contributed by atoms with Crippen molar-refractivity contribution in [3.05, 3.63) is 0 Å². The molecular weight excluding hydrogens is 623 g/mol. The maximum absolute atomic E-state index is 12.8. The van der Waals surface area contributed by atoms with Crippen LogP contribution in [0.4, 0.5) is 0 Å². The summed E-state index contributed by atoms with van der Waals surface area (Å²) < 4.78 is 23.5. The SMILES string of the molecule is CCCCCCCCCCCCCCCCC(=O)N[C@@H](COP(=O)(O)OCC[N+](C)(C)C)[C@H](O)CCCCCCCCCCCCCC. The summed E-state index contributed by atoms with van der Waals surface area (Å²) >= 11 is 0. The lowest BCUT2D eigenvalue weighted by Gasteiger charge is -2.26. The van der Waals surface area contributed by atoms with Gasteiger partial charge in [0.25, 0.3) is 0 Å². The Bertz CT molecular complexity index is 763. The number of rotatable bonds is 37. The number of amides is 1. The van der Waals surface area contributed by atoms with E-state index in [-0.39, 0.29) is 19.1 Å². The zero-order valence-electron chi connectivity index (χ0n) is 32.5. The molecule has 3 N–H and O–H groups in total. The third kappa shape index (κ3) is 34.0. The molecule has 0 saturated carbocycles. The van der Waals surface area contributed by atoms with E-state index < -0.39 is 20.0 Å². The van der Waals surface area contributed by atoms with Crippen molar-refractivity contribution >= 4 is 13.7 Å². The first-order chi connectivity index (χ1) is 23.0. The summed E-state index contributed by atoms with van der Waals surface area (Å²) in [5.74, 6) is -0.144. The first-order valence-corrected chi connectivity index (χ1v) is 21.9. The van der Waals surface area contributed by atoms with Gasteiger partial charge in [0.2, 0.25) is 5.91 Å². The van der Waals surface area contributed by atoms with Crippen LogP contribution < -0.4 is 5.32 Å². The normalized spacial score (nSPS) is 14.6. The van der Waals surface area contributed by atoms with Crippen molar-refractivity contribution in [1.29, 1.82) is 0 Å². The van der Waals surface area contributed by atoms with Gasteiger partial charge in [0.05, 0.1) is 39.9 Å². The summed E-state index contributed by atoms with van der Waals surface area (Å²) in [5.41, 5.74) is 0. The lowest BCUT2D eigenvalue weighted by Crippen LogP contribution is -2.46. The van der Waals surface area contributed by atoms with Crippen LogP contribution in [0.1, 0.15) is 194 Å². The molecule has 0 fully saturated rings. The molecule has 0 aliphatic heterocycles. The molecule has 1 amide bonds. The van der Waals surface area contributed by atoms with E-state index in [1.807, 2.05) is 21.1 Å². The molecule has 9 heteroatoms. The van der Waals surface area contributed by atoms with Crippen LogP contribution in [-0.2, 0) is 18.4 Å². The van der Waals surface area contributed by atoms with E-state index in [0.29, 0.717) is 23.9 Å². The van der Waals surface area contributed by atoms with Crippen LogP contribution in [0.3, 0.4) is 0 Å². The lowest BCUT2D eigenvalue weighted by atomic mass is 10.0. The Morgan fingerprint density at radius 3 is 1.40 bits per heavy atom. The van der Waals surface area contributed by atoms with Crippen molar-refractivity contribution in [3.8, 4) is 0 Å². The number of unbranched alkanes of at least 4 members (excludes halogenated alkanes) is 24. The predicted molar refractivity (Wildman–Crippen MR) is 203 cm³/mol. The maximum atomic E-state index is 12.8. The van der Waals surface area contributed by atoms with Gasteiger partial charge in [0, 0.05) is 6.42 Å². The molecule has 0 aromatic carbocycles. The molecule has 48 heavy (non-hydrogen) atoms. The van der Waals surface area contributed by atoms with Gasteiger partial charge in [-0.1, -0.05) is 174 Å². The highest BCUT2D eigenvalue weighted by atomic mass is 31.2. The molecule has 3 atom stereocenters. The average molecular weight is 706 g/mol. The van der Waals surface area contributed by atoms with Crippen LogP contribution in [0.5, 0.6) is 0 Å². The molecule has 0 aliphatic rings. The molecule has 0 spiro atoms. The summed E-state index contributed by atoms with van der Waals surface area (Å²) in [7, 11) is 1.62. The second kappa shape index (κ2) is 32.4. The van der Waals surface area contributed by atoms with Crippen LogP contribution >= 0.6 is 7.82 Å². The Labute approximate surface area is 298 Å². The van der Waals surface area contributed by atoms with Gasteiger partial charge in [-0.2, -0.15) is 0 Å². The summed E-state index contributed by atoms with van der Waals surface area (Å²) in [6.45, 7) is 4.88. The molecule has 1 unspecified atom stereocenters. The van der Waals surface area contributed by atoms with E-state index in [0.717, 1.165) is 38.5 Å². The topological polar surface area (TPSA) is 105 Å². The summed E-state index contributed by atoms with van der Waals surface area (Å²) in [5, 5.41) is 13.9. The molecular formula is C39H82N2O6P+. The van der Waals surface area contributed by atoms with Crippen LogP contribution in [0, 0.1) is 0 Å². The number of nitrogens with one attached hydrogen (secondary N) is 1. The van der Waals surface area contributed by atoms with Crippen molar-refractivity contribution in [1.82, 2.24) is 5.32 Å². The van der Waals surface area contributed by atoms with Crippen LogP contribution in [0.25, 0.3) is 0 Å². The number of carbonyl (C=O) groups is 1. The van der Waals surface area contributed by atoms with Gasteiger partial charge in [0.15, 0.2) is 0 Å². The molecule has 0 aromatic rings. The van der Waals surface area contributed by atoms with Crippen molar-refractivity contribution in [2.45, 2.75) is 206 Å². The predicted octanol–water partition coefficient (Wildman–Crippen LogP) is 10.6. The third-order valence-corrected chi connectivity index (χ3v) is 10.3. The molecule has 0 heterocycles.